The number of carbonyl (C=O) groups excluding carboxylic acids is 1. The third kappa shape index (κ3) is 4.01. The molecule has 0 spiro atoms. The molecule has 2 aromatic carbocycles. The van der Waals surface area contributed by atoms with Gasteiger partial charge in [-0.25, -0.2) is 9.59 Å². The molecule has 5 nitrogen and oxygen atoms in total. The zero-order valence-electron chi connectivity index (χ0n) is 15.9. The van der Waals surface area contributed by atoms with E-state index in [9.17, 15) is 14.7 Å². The number of amides is 1. The minimum absolute atomic E-state index is 0.0650. The van der Waals surface area contributed by atoms with Gasteiger partial charge in [-0.3, -0.25) is 0 Å². The molecule has 0 aromatic heterocycles. The fourth-order valence-electron chi connectivity index (χ4n) is 3.60. The topological polar surface area (TPSA) is 75.6 Å². The summed E-state index contributed by atoms with van der Waals surface area (Å²) in [6.45, 7) is 3.59. The molecule has 0 saturated carbocycles. The standard InChI is InChI=1S/C23H23NO4/c1-3-4-9-15(2)21(22(25)26)24-23(27)28-14-20-18-12-7-5-10-16(18)17-11-6-8-13-19(17)20/h5-8,10-13,15,20-21H,9,14H2,1-2H3,(H,24,27)(H,25,26)/t15-,21+/m0/s1. The predicted octanol–water partition coefficient (Wildman–Crippen LogP) is 4.03. The van der Waals surface area contributed by atoms with Gasteiger partial charge in [0.1, 0.15) is 12.6 Å². The van der Waals surface area contributed by atoms with Crippen LogP contribution >= 0.6 is 0 Å². The lowest BCUT2D eigenvalue weighted by Crippen LogP contribution is -2.45. The van der Waals surface area contributed by atoms with Crippen molar-refractivity contribution in [3.63, 3.8) is 0 Å². The number of nitrogens with one attached hydrogen (secondary N) is 1. The van der Waals surface area contributed by atoms with Gasteiger partial charge in [0.15, 0.2) is 0 Å². The van der Waals surface area contributed by atoms with Gasteiger partial charge < -0.3 is 15.2 Å². The van der Waals surface area contributed by atoms with Gasteiger partial charge in [0.05, 0.1) is 0 Å². The summed E-state index contributed by atoms with van der Waals surface area (Å²) in [7, 11) is 0. The summed E-state index contributed by atoms with van der Waals surface area (Å²) < 4.78 is 5.43. The van der Waals surface area contributed by atoms with Crippen LogP contribution in [0.25, 0.3) is 11.1 Å². The molecule has 2 N–H and O–H groups in total. The number of hydrogen-bond donors (Lipinski definition) is 2. The number of carboxylic acids is 1. The van der Waals surface area contributed by atoms with E-state index in [2.05, 4.69) is 29.3 Å². The average Bonchev–Trinajstić information content (AvgIpc) is 3.02. The highest BCUT2D eigenvalue weighted by atomic mass is 16.5. The van der Waals surface area contributed by atoms with Gasteiger partial charge in [0, 0.05) is 12.3 Å². The molecule has 1 aliphatic rings. The number of fused-ring (bicyclic) bond motifs is 3. The lowest BCUT2D eigenvalue weighted by Gasteiger charge is -2.20. The highest BCUT2D eigenvalue weighted by Gasteiger charge is 2.30. The maximum atomic E-state index is 12.3. The van der Waals surface area contributed by atoms with Gasteiger partial charge in [-0.15, -0.1) is 11.8 Å². The lowest BCUT2D eigenvalue weighted by atomic mass is 9.98. The first-order chi connectivity index (χ1) is 13.5. The number of aliphatic carboxylic acids is 1. The van der Waals surface area contributed by atoms with E-state index < -0.39 is 18.1 Å². The summed E-state index contributed by atoms with van der Waals surface area (Å²) in [4.78, 5) is 23.8. The Balaban J connectivity index is 1.69. The minimum Gasteiger partial charge on any atom is -0.480 e. The summed E-state index contributed by atoms with van der Waals surface area (Å²) in [6, 6.07) is 15.1. The zero-order chi connectivity index (χ0) is 20.1. The van der Waals surface area contributed by atoms with Crippen LogP contribution in [0.3, 0.4) is 0 Å². The quantitative estimate of drug-likeness (QED) is 0.746. The first-order valence-corrected chi connectivity index (χ1v) is 9.26. The monoisotopic (exact) mass is 377 g/mol. The Bertz CT molecular complexity index is 895. The number of benzene rings is 2. The smallest absolute Gasteiger partial charge is 0.407 e. The Morgan fingerprint density at radius 2 is 1.68 bits per heavy atom. The fraction of sp³-hybridized carbons (Fsp3) is 0.304. The second-order valence-electron chi connectivity index (χ2n) is 6.89. The summed E-state index contributed by atoms with van der Waals surface area (Å²) in [5, 5.41) is 11.9. The maximum absolute atomic E-state index is 12.3. The van der Waals surface area contributed by atoms with Crippen molar-refractivity contribution in [2.24, 2.45) is 5.92 Å². The molecule has 2 aromatic rings. The normalized spacial score (nSPS) is 14.1. The van der Waals surface area contributed by atoms with Gasteiger partial charge in [0.25, 0.3) is 0 Å². The van der Waals surface area contributed by atoms with E-state index in [0.29, 0.717) is 6.42 Å². The van der Waals surface area contributed by atoms with E-state index in [0.717, 1.165) is 22.3 Å². The van der Waals surface area contributed by atoms with Crippen molar-refractivity contribution in [3.05, 3.63) is 59.7 Å². The van der Waals surface area contributed by atoms with Crippen LogP contribution in [0.15, 0.2) is 48.5 Å². The molecule has 28 heavy (non-hydrogen) atoms. The van der Waals surface area contributed by atoms with E-state index in [4.69, 9.17) is 4.74 Å². The third-order valence-corrected chi connectivity index (χ3v) is 5.05. The van der Waals surface area contributed by atoms with Crippen molar-refractivity contribution in [1.82, 2.24) is 5.32 Å². The fourth-order valence-corrected chi connectivity index (χ4v) is 3.60. The van der Waals surface area contributed by atoms with Crippen molar-refractivity contribution < 1.29 is 19.4 Å². The van der Waals surface area contributed by atoms with Crippen LogP contribution < -0.4 is 5.32 Å². The van der Waals surface area contributed by atoms with Crippen LogP contribution in [-0.2, 0) is 9.53 Å². The number of ether oxygens (including phenoxy) is 1. The molecule has 2 atom stereocenters. The zero-order valence-corrected chi connectivity index (χ0v) is 15.9. The average molecular weight is 377 g/mol. The molecule has 0 saturated heterocycles. The van der Waals surface area contributed by atoms with Crippen LogP contribution in [0, 0.1) is 17.8 Å². The molecule has 0 bridgehead atoms. The maximum Gasteiger partial charge on any atom is 0.407 e. The second-order valence-corrected chi connectivity index (χ2v) is 6.89. The van der Waals surface area contributed by atoms with Gasteiger partial charge in [-0.1, -0.05) is 55.5 Å². The van der Waals surface area contributed by atoms with Crippen LogP contribution in [0.4, 0.5) is 4.79 Å². The van der Waals surface area contributed by atoms with Crippen molar-refractivity contribution >= 4 is 12.1 Å². The third-order valence-electron chi connectivity index (χ3n) is 5.05. The molecule has 3 rings (SSSR count). The molecule has 5 heteroatoms. The Hall–Kier alpha value is -3.26. The SMILES string of the molecule is CC#CC[C@H](C)[C@@H](NC(=O)OCC1c2ccccc2-c2ccccc21)C(=O)O. The highest BCUT2D eigenvalue weighted by Crippen LogP contribution is 2.44. The van der Waals surface area contributed by atoms with Crippen LogP contribution in [-0.4, -0.2) is 29.8 Å². The molecule has 0 aliphatic heterocycles. The number of hydrogen-bond acceptors (Lipinski definition) is 3. The lowest BCUT2D eigenvalue weighted by molar-refractivity contribution is -0.140. The van der Waals surface area contributed by atoms with Gasteiger partial charge in [-0.2, -0.15) is 0 Å². The Kier molecular flexibility index (Phi) is 6.00. The summed E-state index contributed by atoms with van der Waals surface area (Å²) in [5.74, 6) is 4.10. The van der Waals surface area contributed by atoms with Crippen molar-refractivity contribution in [2.75, 3.05) is 6.61 Å². The minimum atomic E-state index is -1.10. The Morgan fingerprint density at radius 3 is 2.21 bits per heavy atom. The molecule has 0 heterocycles. The van der Waals surface area contributed by atoms with Crippen molar-refractivity contribution in [1.29, 1.82) is 0 Å². The van der Waals surface area contributed by atoms with E-state index in [1.165, 1.54) is 0 Å². The summed E-state index contributed by atoms with van der Waals surface area (Å²) in [5.41, 5.74) is 4.50. The van der Waals surface area contributed by atoms with E-state index in [1.807, 2.05) is 36.4 Å². The van der Waals surface area contributed by atoms with Crippen molar-refractivity contribution in [3.8, 4) is 23.0 Å². The molecule has 0 radical (unpaired) electrons. The van der Waals surface area contributed by atoms with Crippen LogP contribution in [0.1, 0.15) is 37.3 Å². The van der Waals surface area contributed by atoms with Crippen LogP contribution in [0.2, 0.25) is 0 Å². The molecule has 1 amide bonds. The number of alkyl carbamates (subject to hydrolysis) is 1. The van der Waals surface area contributed by atoms with Crippen LogP contribution in [0.5, 0.6) is 0 Å². The predicted molar refractivity (Wildman–Crippen MR) is 107 cm³/mol. The van der Waals surface area contributed by atoms with Gasteiger partial charge >= 0.3 is 12.1 Å². The molecule has 1 aliphatic carbocycles. The number of rotatable bonds is 6. The highest BCUT2D eigenvalue weighted by molar-refractivity contribution is 5.81. The Morgan fingerprint density at radius 1 is 1.11 bits per heavy atom. The van der Waals surface area contributed by atoms with Crippen molar-refractivity contribution in [2.45, 2.75) is 32.2 Å². The summed E-state index contributed by atoms with van der Waals surface area (Å²) >= 11 is 0. The molecule has 144 valence electrons. The van der Waals surface area contributed by atoms with E-state index >= 15 is 0 Å². The summed E-state index contributed by atoms with van der Waals surface area (Å²) in [6.07, 6.45) is -0.345. The largest absolute Gasteiger partial charge is 0.480 e. The Labute approximate surface area is 164 Å². The van der Waals surface area contributed by atoms with E-state index in [-0.39, 0.29) is 18.4 Å². The van der Waals surface area contributed by atoms with Gasteiger partial charge in [-0.05, 0) is 35.1 Å². The first-order valence-electron chi connectivity index (χ1n) is 9.26. The molecular formula is C23H23NO4. The number of carbonyl (C=O) groups is 2. The first kappa shape index (κ1) is 19.5. The second kappa shape index (κ2) is 8.62. The van der Waals surface area contributed by atoms with Gasteiger partial charge in [0.2, 0.25) is 0 Å². The molecular weight excluding hydrogens is 354 g/mol. The number of carboxylic acid groups (broad SMARTS) is 1. The van der Waals surface area contributed by atoms with E-state index in [1.54, 1.807) is 13.8 Å². The molecule has 0 fully saturated rings. The molecule has 0 unspecified atom stereocenters.